The molecular formula is C8H15NO. The molecule has 58 valence electrons. The summed E-state index contributed by atoms with van der Waals surface area (Å²) in [5.41, 5.74) is 0. The van der Waals surface area contributed by atoms with Gasteiger partial charge in [0.05, 0.1) is 6.10 Å². The molecule has 1 heterocycles. The van der Waals surface area contributed by atoms with E-state index in [4.69, 9.17) is 4.74 Å². The lowest BCUT2D eigenvalue weighted by molar-refractivity contribution is 0.0292. The fourth-order valence-electron chi connectivity index (χ4n) is 2.20. The topological polar surface area (TPSA) is 21.3 Å². The molecule has 2 rings (SSSR count). The van der Waals surface area contributed by atoms with Crippen molar-refractivity contribution in [2.24, 2.45) is 5.92 Å². The maximum Gasteiger partial charge on any atom is 0.0630 e. The Kier molecular flexibility index (Phi) is 1.66. The second-order valence-corrected chi connectivity index (χ2v) is 3.33. The van der Waals surface area contributed by atoms with E-state index in [0.29, 0.717) is 6.10 Å². The number of nitrogens with one attached hydrogen (secondary N) is 1. The van der Waals surface area contributed by atoms with Crippen LogP contribution in [0.1, 0.15) is 19.8 Å². The third kappa shape index (κ3) is 0.956. The Morgan fingerprint density at radius 2 is 2.40 bits per heavy atom. The molecule has 0 radical (unpaired) electrons. The minimum atomic E-state index is 0.580. The predicted molar refractivity (Wildman–Crippen MR) is 39.9 cm³/mol. The Balaban J connectivity index is 1.90. The predicted octanol–water partition coefficient (Wildman–Crippen LogP) is 0.773. The van der Waals surface area contributed by atoms with Gasteiger partial charge in [-0.2, -0.15) is 0 Å². The third-order valence-electron chi connectivity index (χ3n) is 2.68. The van der Waals surface area contributed by atoms with Crippen molar-refractivity contribution in [2.45, 2.75) is 31.9 Å². The second-order valence-electron chi connectivity index (χ2n) is 3.33. The Bertz CT molecular complexity index is 126. The van der Waals surface area contributed by atoms with Crippen molar-refractivity contribution in [3.8, 4) is 0 Å². The molecule has 1 aliphatic heterocycles. The molecule has 1 saturated heterocycles. The fourth-order valence-corrected chi connectivity index (χ4v) is 2.20. The number of hydrogen-bond donors (Lipinski definition) is 1. The molecule has 1 aliphatic carbocycles. The zero-order chi connectivity index (χ0) is 6.97. The monoisotopic (exact) mass is 141 g/mol. The van der Waals surface area contributed by atoms with Crippen molar-refractivity contribution in [1.29, 1.82) is 0 Å². The van der Waals surface area contributed by atoms with Crippen LogP contribution in [0.25, 0.3) is 0 Å². The van der Waals surface area contributed by atoms with Crippen LogP contribution >= 0.6 is 0 Å². The van der Waals surface area contributed by atoms with Crippen molar-refractivity contribution in [3.05, 3.63) is 0 Å². The van der Waals surface area contributed by atoms with E-state index in [1.54, 1.807) is 0 Å². The van der Waals surface area contributed by atoms with Gasteiger partial charge in [-0.25, -0.2) is 0 Å². The number of fused-ring (bicyclic) bond motifs is 2. The highest BCUT2D eigenvalue weighted by atomic mass is 16.5. The van der Waals surface area contributed by atoms with Gasteiger partial charge in [0.1, 0.15) is 0 Å². The summed E-state index contributed by atoms with van der Waals surface area (Å²) < 4.78 is 5.60. The number of ether oxygens (including phenoxy) is 1. The molecule has 0 aromatic carbocycles. The highest BCUT2D eigenvalue weighted by Gasteiger charge is 2.39. The van der Waals surface area contributed by atoms with Crippen LogP contribution in [0, 0.1) is 5.92 Å². The lowest BCUT2D eigenvalue weighted by Crippen LogP contribution is -2.34. The molecule has 0 spiro atoms. The van der Waals surface area contributed by atoms with E-state index < -0.39 is 0 Å². The third-order valence-corrected chi connectivity index (χ3v) is 2.68. The van der Waals surface area contributed by atoms with Crippen molar-refractivity contribution in [2.75, 3.05) is 13.2 Å². The molecule has 2 nitrogen and oxygen atoms in total. The van der Waals surface area contributed by atoms with Gasteiger partial charge in [0, 0.05) is 19.2 Å². The zero-order valence-electron chi connectivity index (χ0n) is 6.47. The van der Waals surface area contributed by atoms with Crippen LogP contribution in [0.5, 0.6) is 0 Å². The highest BCUT2D eigenvalue weighted by molar-refractivity contribution is 4.95. The molecule has 2 aliphatic rings. The van der Waals surface area contributed by atoms with Gasteiger partial charge in [0.15, 0.2) is 0 Å². The van der Waals surface area contributed by atoms with Crippen molar-refractivity contribution < 1.29 is 4.74 Å². The molecule has 2 bridgehead atoms. The lowest BCUT2D eigenvalue weighted by atomic mass is 10.1. The van der Waals surface area contributed by atoms with Gasteiger partial charge in [-0.15, -0.1) is 0 Å². The normalized spacial score (nSPS) is 44.7. The molecule has 0 amide bonds. The van der Waals surface area contributed by atoms with Crippen molar-refractivity contribution in [3.63, 3.8) is 0 Å². The molecular weight excluding hydrogens is 126 g/mol. The van der Waals surface area contributed by atoms with Gasteiger partial charge in [0.25, 0.3) is 0 Å². The minimum Gasteiger partial charge on any atom is -0.378 e. The van der Waals surface area contributed by atoms with E-state index >= 15 is 0 Å². The number of piperidine rings is 1. The molecule has 1 saturated carbocycles. The summed E-state index contributed by atoms with van der Waals surface area (Å²) in [5.74, 6) is 0.824. The molecule has 0 aromatic rings. The van der Waals surface area contributed by atoms with Crippen LogP contribution in [-0.2, 0) is 4.74 Å². The van der Waals surface area contributed by atoms with Crippen LogP contribution in [0.2, 0.25) is 0 Å². The zero-order valence-corrected chi connectivity index (χ0v) is 6.47. The molecule has 2 fully saturated rings. The van der Waals surface area contributed by atoms with Crippen LogP contribution < -0.4 is 5.32 Å². The Morgan fingerprint density at radius 1 is 1.50 bits per heavy atom. The molecule has 0 aromatic heterocycles. The highest BCUT2D eigenvalue weighted by Crippen LogP contribution is 2.33. The summed E-state index contributed by atoms with van der Waals surface area (Å²) in [7, 11) is 0. The number of hydrogen-bond acceptors (Lipinski definition) is 2. The van der Waals surface area contributed by atoms with E-state index in [9.17, 15) is 0 Å². The molecule has 1 N–H and O–H groups in total. The molecule has 2 heteroatoms. The smallest absolute Gasteiger partial charge is 0.0630 e. The van der Waals surface area contributed by atoms with Crippen molar-refractivity contribution in [1.82, 2.24) is 5.32 Å². The summed E-state index contributed by atoms with van der Waals surface area (Å²) in [6, 6.07) is 0.779. The Morgan fingerprint density at radius 3 is 2.90 bits per heavy atom. The largest absolute Gasteiger partial charge is 0.378 e. The molecule has 3 atom stereocenters. The van der Waals surface area contributed by atoms with Gasteiger partial charge < -0.3 is 10.1 Å². The van der Waals surface area contributed by atoms with Crippen LogP contribution in [0.3, 0.4) is 0 Å². The quantitative estimate of drug-likeness (QED) is 0.613. The number of rotatable bonds is 2. The second kappa shape index (κ2) is 2.51. The van der Waals surface area contributed by atoms with Gasteiger partial charge >= 0.3 is 0 Å². The standard InChI is InChI=1S/C8H15NO/c1-2-10-8-4-7-3-6(8)5-9-7/h6-9H,2-5H2,1H3/t6-,7-,8+/m0/s1. The maximum absolute atomic E-state index is 5.60. The van der Waals surface area contributed by atoms with E-state index in [2.05, 4.69) is 12.2 Å². The average molecular weight is 141 g/mol. The first-order valence-electron chi connectivity index (χ1n) is 4.25. The minimum absolute atomic E-state index is 0.580. The van der Waals surface area contributed by atoms with Crippen molar-refractivity contribution >= 4 is 0 Å². The van der Waals surface area contributed by atoms with E-state index in [1.807, 2.05) is 0 Å². The summed E-state index contributed by atoms with van der Waals surface area (Å²) in [4.78, 5) is 0. The first kappa shape index (κ1) is 6.62. The van der Waals surface area contributed by atoms with E-state index in [1.165, 1.54) is 19.4 Å². The van der Waals surface area contributed by atoms with Gasteiger partial charge in [0.2, 0.25) is 0 Å². The molecule has 0 unspecified atom stereocenters. The van der Waals surface area contributed by atoms with Crippen LogP contribution in [-0.4, -0.2) is 25.3 Å². The van der Waals surface area contributed by atoms with E-state index in [0.717, 1.165) is 18.6 Å². The summed E-state index contributed by atoms with van der Waals surface area (Å²) in [6.45, 7) is 4.16. The molecule has 10 heavy (non-hydrogen) atoms. The SMILES string of the molecule is CCO[C@@H]1C[C@@H]2C[C@H]1CN2. The van der Waals surface area contributed by atoms with Crippen LogP contribution in [0.15, 0.2) is 0 Å². The van der Waals surface area contributed by atoms with Gasteiger partial charge in [-0.1, -0.05) is 0 Å². The lowest BCUT2D eigenvalue weighted by Gasteiger charge is -2.21. The Labute approximate surface area is 61.9 Å². The fraction of sp³-hybridized carbons (Fsp3) is 1.00. The summed E-state index contributed by atoms with van der Waals surface area (Å²) in [6.07, 6.45) is 3.18. The Hall–Kier alpha value is -0.0800. The van der Waals surface area contributed by atoms with E-state index in [-0.39, 0.29) is 0 Å². The maximum atomic E-state index is 5.60. The van der Waals surface area contributed by atoms with Gasteiger partial charge in [-0.05, 0) is 25.7 Å². The van der Waals surface area contributed by atoms with Gasteiger partial charge in [-0.3, -0.25) is 0 Å². The van der Waals surface area contributed by atoms with Crippen LogP contribution in [0.4, 0.5) is 0 Å². The first-order chi connectivity index (χ1) is 4.90. The first-order valence-corrected chi connectivity index (χ1v) is 4.25. The summed E-state index contributed by atoms with van der Waals surface area (Å²) in [5, 5.41) is 3.46. The summed E-state index contributed by atoms with van der Waals surface area (Å²) >= 11 is 0. The average Bonchev–Trinajstić information content (AvgIpc) is 2.48.